The fourth-order valence-electron chi connectivity index (χ4n) is 6.21. The number of alkyl carbamates (subject to hydrolysis) is 1. The first-order chi connectivity index (χ1) is 23.3. The minimum atomic E-state index is -2.33. The van der Waals surface area contributed by atoms with Gasteiger partial charge in [-0.15, -0.1) is 0 Å². The van der Waals surface area contributed by atoms with Crippen LogP contribution in [-0.4, -0.2) is 57.7 Å². The van der Waals surface area contributed by atoms with Gasteiger partial charge < -0.3 is 20.2 Å². The quantitative estimate of drug-likeness (QED) is 0.133. The second-order valence-corrected chi connectivity index (χ2v) is 21.1. The van der Waals surface area contributed by atoms with Crippen LogP contribution in [0.5, 0.6) is 0 Å². The summed E-state index contributed by atoms with van der Waals surface area (Å²) in [6.45, 7) is 15.8. The minimum Gasteiger partial charge on any atom is -0.444 e. The van der Waals surface area contributed by atoms with E-state index >= 15 is 0 Å². The van der Waals surface area contributed by atoms with Gasteiger partial charge in [0.1, 0.15) is 34.4 Å². The lowest BCUT2D eigenvalue weighted by molar-refractivity contribution is 0.0485. The molecular formula is C37H49F3N4O4SSi. The third-order valence-corrected chi connectivity index (χ3v) is 14.9. The number of nitrogens with zero attached hydrogens (tertiary/aromatic N) is 2. The molecule has 2 aromatic heterocycles. The van der Waals surface area contributed by atoms with Crippen LogP contribution in [-0.2, 0) is 4.74 Å². The lowest BCUT2D eigenvalue weighted by Gasteiger charge is -2.41. The van der Waals surface area contributed by atoms with Crippen LogP contribution >= 0.6 is 11.8 Å². The number of rotatable bonds is 11. The number of thioether (sulfide) groups is 1. The molecule has 0 saturated heterocycles. The van der Waals surface area contributed by atoms with E-state index in [1.807, 2.05) is 51.7 Å². The Morgan fingerprint density at radius 3 is 2.34 bits per heavy atom. The third-order valence-electron chi connectivity index (χ3n) is 9.59. The number of ether oxygens (including phenoxy) is 1. The molecule has 1 aliphatic rings. The maximum Gasteiger partial charge on any atom is 0.407 e. The Morgan fingerprint density at radius 1 is 1.02 bits per heavy atom. The van der Waals surface area contributed by atoms with Crippen LogP contribution in [0.1, 0.15) is 89.2 Å². The van der Waals surface area contributed by atoms with Gasteiger partial charge in [-0.3, -0.25) is 9.78 Å². The molecule has 8 nitrogen and oxygen atoms in total. The smallest absolute Gasteiger partial charge is 0.407 e. The van der Waals surface area contributed by atoms with E-state index in [-0.39, 0.29) is 33.9 Å². The van der Waals surface area contributed by atoms with Crippen molar-refractivity contribution in [1.29, 1.82) is 0 Å². The molecule has 272 valence electrons. The van der Waals surface area contributed by atoms with E-state index in [1.54, 1.807) is 6.20 Å². The number of nitrogens with one attached hydrogen (secondary N) is 2. The van der Waals surface area contributed by atoms with Gasteiger partial charge in [-0.25, -0.2) is 22.9 Å². The summed E-state index contributed by atoms with van der Waals surface area (Å²) < 4.78 is 49.3. The Labute approximate surface area is 298 Å². The van der Waals surface area contributed by atoms with E-state index in [0.29, 0.717) is 12.1 Å². The number of carbonyl (C=O) groups is 2. The van der Waals surface area contributed by atoms with Crippen molar-refractivity contribution in [2.24, 2.45) is 5.92 Å². The van der Waals surface area contributed by atoms with Crippen LogP contribution in [0.15, 0.2) is 48.8 Å². The van der Waals surface area contributed by atoms with Crippen molar-refractivity contribution in [3.8, 4) is 11.3 Å². The molecule has 0 spiro atoms. The monoisotopic (exact) mass is 730 g/mol. The summed E-state index contributed by atoms with van der Waals surface area (Å²) >= 11 is 1.83. The van der Waals surface area contributed by atoms with Gasteiger partial charge in [-0.05, 0) is 118 Å². The van der Waals surface area contributed by atoms with Gasteiger partial charge in [0.15, 0.2) is 8.32 Å². The Balaban J connectivity index is 1.55. The minimum absolute atomic E-state index is 0.0792. The third kappa shape index (κ3) is 9.88. The van der Waals surface area contributed by atoms with E-state index in [9.17, 15) is 27.6 Å². The SMILES string of the molecule is C[C@H]1C[C@@H](c2ccncc2NC(=O)c2ccc(F)c(-c3c(F)cccc3F)n2)C[C@@H](NC(=O)OC(C)(C)C)[C@H]1SCCCC(C)(C)[Si](C)(C)O. The molecule has 0 unspecified atom stereocenters. The predicted molar refractivity (Wildman–Crippen MR) is 195 cm³/mol. The molecule has 0 radical (unpaired) electrons. The highest BCUT2D eigenvalue weighted by Gasteiger charge is 2.40. The first kappa shape index (κ1) is 39.4. The van der Waals surface area contributed by atoms with Crippen molar-refractivity contribution < 1.29 is 32.3 Å². The molecule has 50 heavy (non-hydrogen) atoms. The molecule has 4 rings (SSSR count). The molecule has 1 aliphatic carbocycles. The van der Waals surface area contributed by atoms with Gasteiger partial charge in [0.25, 0.3) is 5.91 Å². The largest absolute Gasteiger partial charge is 0.444 e. The molecule has 3 N–H and O–H groups in total. The lowest BCUT2D eigenvalue weighted by atomic mass is 9.75. The first-order valence-electron chi connectivity index (χ1n) is 17.0. The summed E-state index contributed by atoms with van der Waals surface area (Å²) in [5.41, 5.74) is -0.943. The van der Waals surface area contributed by atoms with Gasteiger partial charge in [0.05, 0.1) is 17.4 Å². The number of amides is 2. The van der Waals surface area contributed by atoms with Gasteiger partial charge in [-0.1, -0.05) is 26.8 Å². The number of aromatic nitrogens is 2. The van der Waals surface area contributed by atoms with E-state index in [4.69, 9.17) is 4.74 Å². The fourth-order valence-corrected chi connectivity index (χ4v) is 8.43. The maximum absolute atomic E-state index is 14.7. The first-order valence-corrected chi connectivity index (χ1v) is 21.0. The number of pyridine rings is 2. The number of benzene rings is 1. The highest BCUT2D eigenvalue weighted by atomic mass is 32.2. The Bertz CT molecular complexity index is 1660. The molecule has 4 atom stereocenters. The summed E-state index contributed by atoms with van der Waals surface area (Å²) in [6.07, 6.45) is 5.83. The van der Waals surface area contributed by atoms with Gasteiger partial charge in [0, 0.05) is 17.5 Å². The molecule has 1 fully saturated rings. The van der Waals surface area contributed by atoms with Crippen LogP contribution < -0.4 is 10.6 Å². The van der Waals surface area contributed by atoms with Gasteiger partial charge >= 0.3 is 6.09 Å². The van der Waals surface area contributed by atoms with Crippen molar-refractivity contribution in [2.45, 2.75) is 108 Å². The number of hydrogen-bond donors (Lipinski definition) is 3. The Morgan fingerprint density at radius 2 is 1.70 bits per heavy atom. The van der Waals surface area contributed by atoms with Crippen LogP contribution in [0.25, 0.3) is 11.3 Å². The van der Waals surface area contributed by atoms with E-state index in [0.717, 1.165) is 60.9 Å². The molecule has 3 aromatic rings. The van der Waals surface area contributed by atoms with Gasteiger partial charge in [-0.2, -0.15) is 11.8 Å². The second kappa shape index (κ2) is 15.9. The van der Waals surface area contributed by atoms with E-state index in [1.165, 1.54) is 6.20 Å². The van der Waals surface area contributed by atoms with Crippen molar-refractivity contribution in [3.63, 3.8) is 0 Å². The average Bonchev–Trinajstić information content (AvgIpc) is 2.99. The molecular weight excluding hydrogens is 682 g/mol. The van der Waals surface area contributed by atoms with E-state index < -0.39 is 54.6 Å². The zero-order valence-electron chi connectivity index (χ0n) is 30.1. The van der Waals surface area contributed by atoms with Crippen molar-refractivity contribution in [2.75, 3.05) is 11.1 Å². The van der Waals surface area contributed by atoms with E-state index in [2.05, 4.69) is 41.4 Å². The zero-order chi connectivity index (χ0) is 37.0. The van der Waals surface area contributed by atoms with Crippen LogP contribution in [0, 0.1) is 23.4 Å². The standard InChI is InChI=1S/C37H49F3N4O4SSi/c1-22-19-23(20-29(44-35(46)48-36(2,3)4)33(22)49-18-10-16-37(5,6)50(7,8)47)24-15-17-41-21-30(24)43-34(45)28-14-13-27(40)32(42-28)31-25(38)11-9-12-26(31)39/h9,11-15,17,21-23,29,33,47H,10,16,18-20H2,1-8H3,(H,43,45)(H,44,46)/t22-,23+,29+,33-/m0/s1. The van der Waals surface area contributed by atoms with Crippen LogP contribution in [0.3, 0.4) is 0 Å². The maximum atomic E-state index is 14.7. The number of hydrogen-bond acceptors (Lipinski definition) is 7. The molecule has 1 saturated carbocycles. The highest BCUT2D eigenvalue weighted by Crippen LogP contribution is 2.45. The average molecular weight is 731 g/mol. The summed E-state index contributed by atoms with van der Waals surface area (Å²) in [7, 11) is -2.33. The summed E-state index contributed by atoms with van der Waals surface area (Å²) in [4.78, 5) is 45.4. The normalized spacial score (nSPS) is 19.9. The number of halogens is 3. The van der Waals surface area contributed by atoms with Crippen molar-refractivity contribution >= 4 is 37.8 Å². The van der Waals surface area contributed by atoms with Crippen LogP contribution in [0.4, 0.5) is 23.7 Å². The highest BCUT2D eigenvalue weighted by molar-refractivity contribution is 7.99. The Hall–Kier alpha value is -3.42. The zero-order valence-corrected chi connectivity index (χ0v) is 31.9. The summed E-state index contributed by atoms with van der Waals surface area (Å²) in [5, 5.41) is 5.94. The van der Waals surface area contributed by atoms with Gasteiger partial charge in [0.2, 0.25) is 0 Å². The molecule has 0 bridgehead atoms. The van der Waals surface area contributed by atoms with Crippen molar-refractivity contribution in [3.05, 3.63) is 77.5 Å². The summed E-state index contributed by atoms with van der Waals surface area (Å²) in [6, 6.07) is 6.84. The number of anilines is 1. The molecule has 2 amide bonds. The molecule has 2 heterocycles. The molecule has 1 aromatic carbocycles. The molecule has 13 heteroatoms. The lowest BCUT2D eigenvalue weighted by Crippen LogP contribution is -2.50. The van der Waals surface area contributed by atoms with Crippen molar-refractivity contribution in [1.82, 2.24) is 15.3 Å². The topological polar surface area (TPSA) is 113 Å². The molecule has 0 aliphatic heterocycles. The fraction of sp³-hybridized carbons (Fsp3) is 0.514. The Kier molecular flexibility index (Phi) is 12.5. The number of carbonyl (C=O) groups excluding carboxylic acids is 2. The predicted octanol–water partition coefficient (Wildman–Crippen LogP) is 9.08. The van der Waals surface area contributed by atoms with Crippen LogP contribution in [0.2, 0.25) is 18.1 Å². The second-order valence-electron chi connectivity index (χ2n) is 15.3. The summed E-state index contributed by atoms with van der Waals surface area (Å²) in [5.74, 6) is -2.70.